The topological polar surface area (TPSA) is 41.5 Å². The number of hydrogen-bond donors (Lipinski definition) is 1. The molecule has 0 saturated heterocycles. The third kappa shape index (κ3) is 1.60. The van der Waals surface area contributed by atoms with Gasteiger partial charge in [0.1, 0.15) is 0 Å². The van der Waals surface area contributed by atoms with Gasteiger partial charge in [0.25, 0.3) is 0 Å². The molecule has 2 atom stereocenters. The van der Waals surface area contributed by atoms with Gasteiger partial charge < -0.3 is 5.32 Å². The smallest absolute Gasteiger partial charge is 0.193 e. The van der Waals surface area contributed by atoms with Crippen LogP contribution in [0.15, 0.2) is 46.1 Å². The quantitative estimate of drug-likeness (QED) is 0.823. The first-order valence-electron chi connectivity index (χ1n) is 6.30. The van der Waals surface area contributed by atoms with Crippen LogP contribution in [0.3, 0.4) is 0 Å². The molecule has 0 saturated carbocycles. The van der Waals surface area contributed by atoms with E-state index in [9.17, 15) is 4.79 Å². The van der Waals surface area contributed by atoms with Crippen molar-refractivity contribution in [2.45, 2.75) is 6.04 Å². The Kier molecular flexibility index (Phi) is 2.58. The van der Waals surface area contributed by atoms with E-state index in [-0.39, 0.29) is 17.7 Å². The summed E-state index contributed by atoms with van der Waals surface area (Å²) in [6.07, 6.45) is 0. The van der Waals surface area contributed by atoms with E-state index in [1.54, 1.807) is 11.3 Å². The van der Waals surface area contributed by atoms with Crippen LogP contribution in [0.2, 0.25) is 0 Å². The fourth-order valence-corrected chi connectivity index (χ4v) is 3.83. The number of ketones is 1. The van der Waals surface area contributed by atoms with Gasteiger partial charge in [-0.3, -0.25) is 4.79 Å². The minimum absolute atomic E-state index is 0.110. The van der Waals surface area contributed by atoms with Crippen LogP contribution >= 0.6 is 23.6 Å². The van der Waals surface area contributed by atoms with E-state index in [0.29, 0.717) is 5.11 Å². The zero-order valence-corrected chi connectivity index (χ0v) is 12.0. The highest BCUT2D eigenvalue weighted by molar-refractivity contribution is 7.80. The highest BCUT2D eigenvalue weighted by Gasteiger charge is 2.44. The van der Waals surface area contributed by atoms with Crippen LogP contribution in [-0.2, 0) is 0 Å². The number of thiocarbonyl (C=S) groups is 1. The van der Waals surface area contributed by atoms with Crippen molar-refractivity contribution in [2.24, 2.45) is 10.9 Å². The Hall–Kier alpha value is -1.85. The first kappa shape index (κ1) is 11.9. The summed E-state index contributed by atoms with van der Waals surface area (Å²) in [5.74, 6) is -0.140. The van der Waals surface area contributed by atoms with Crippen LogP contribution in [0.1, 0.15) is 27.5 Å². The summed E-state index contributed by atoms with van der Waals surface area (Å²) >= 11 is 6.86. The molecule has 2 aromatic rings. The van der Waals surface area contributed by atoms with Gasteiger partial charge in [-0.05, 0) is 34.6 Å². The number of benzene rings is 1. The zero-order valence-electron chi connectivity index (χ0n) is 10.4. The van der Waals surface area contributed by atoms with Gasteiger partial charge in [0.15, 0.2) is 10.9 Å². The Morgan fingerprint density at radius 1 is 1.20 bits per heavy atom. The van der Waals surface area contributed by atoms with Crippen molar-refractivity contribution in [2.75, 3.05) is 0 Å². The van der Waals surface area contributed by atoms with E-state index in [1.165, 1.54) is 0 Å². The van der Waals surface area contributed by atoms with Crippen molar-refractivity contribution < 1.29 is 4.79 Å². The molecular formula is C15H10N2OS2. The molecule has 0 fully saturated rings. The van der Waals surface area contributed by atoms with E-state index in [0.717, 1.165) is 22.4 Å². The molecule has 1 N–H and O–H groups in total. The molecule has 98 valence electrons. The lowest BCUT2D eigenvalue weighted by molar-refractivity contribution is 0.0944. The van der Waals surface area contributed by atoms with Gasteiger partial charge >= 0.3 is 0 Å². The monoisotopic (exact) mass is 298 g/mol. The molecule has 2 aliphatic rings. The largest absolute Gasteiger partial charge is 0.353 e. The predicted octanol–water partition coefficient (Wildman–Crippen LogP) is 2.98. The molecule has 3 nitrogen and oxygen atoms in total. The van der Waals surface area contributed by atoms with E-state index in [1.807, 2.05) is 35.7 Å². The number of aliphatic imine (C=N–C) groups is 1. The first-order chi connectivity index (χ1) is 9.75. The number of rotatable bonds is 1. The van der Waals surface area contributed by atoms with Crippen LogP contribution in [0.25, 0.3) is 0 Å². The van der Waals surface area contributed by atoms with Gasteiger partial charge in [-0.1, -0.05) is 24.3 Å². The maximum Gasteiger partial charge on any atom is 0.193 e. The van der Waals surface area contributed by atoms with Crippen molar-refractivity contribution in [1.29, 1.82) is 0 Å². The lowest BCUT2D eigenvalue weighted by Gasteiger charge is -2.28. The number of carbonyl (C=O) groups is 1. The van der Waals surface area contributed by atoms with Crippen molar-refractivity contribution in [3.8, 4) is 0 Å². The molecule has 0 amide bonds. The third-order valence-electron chi connectivity index (χ3n) is 3.78. The molecular weight excluding hydrogens is 288 g/mol. The predicted molar refractivity (Wildman–Crippen MR) is 83.6 cm³/mol. The van der Waals surface area contributed by atoms with Gasteiger partial charge in [-0.2, -0.15) is 11.3 Å². The van der Waals surface area contributed by atoms with Crippen molar-refractivity contribution in [1.82, 2.24) is 5.32 Å². The molecule has 0 radical (unpaired) electrons. The Labute approximate surface area is 125 Å². The third-order valence-corrected chi connectivity index (χ3v) is 4.69. The number of nitrogens with zero attached hydrogens (tertiary/aromatic N) is 1. The summed E-state index contributed by atoms with van der Waals surface area (Å²) in [5.41, 5.74) is 3.58. The van der Waals surface area contributed by atoms with Crippen molar-refractivity contribution >= 4 is 40.2 Å². The summed E-state index contributed by atoms with van der Waals surface area (Å²) in [7, 11) is 0. The van der Waals surface area contributed by atoms with E-state index in [2.05, 4.69) is 15.7 Å². The van der Waals surface area contributed by atoms with Crippen LogP contribution < -0.4 is 5.32 Å². The second-order valence-corrected chi connectivity index (χ2v) is 6.04. The average Bonchev–Trinajstić information content (AvgIpc) is 3.07. The molecule has 2 unspecified atom stereocenters. The molecule has 1 aromatic heterocycles. The summed E-state index contributed by atoms with van der Waals surface area (Å²) in [6, 6.07) is 9.56. The zero-order chi connectivity index (χ0) is 13.7. The molecule has 0 bridgehead atoms. The van der Waals surface area contributed by atoms with Gasteiger partial charge in [-0.15, -0.1) is 0 Å². The van der Waals surface area contributed by atoms with Gasteiger partial charge in [0.2, 0.25) is 0 Å². The fourth-order valence-electron chi connectivity index (χ4n) is 2.91. The summed E-state index contributed by atoms with van der Waals surface area (Å²) < 4.78 is 0. The van der Waals surface area contributed by atoms with Gasteiger partial charge in [-0.25, -0.2) is 4.99 Å². The Morgan fingerprint density at radius 3 is 2.75 bits per heavy atom. The average molecular weight is 298 g/mol. The molecule has 20 heavy (non-hydrogen) atoms. The van der Waals surface area contributed by atoms with E-state index in [4.69, 9.17) is 12.2 Å². The molecule has 1 aromatic carbocycles. The fraction of sp³-hybridized carbons (Fsp3) is 0.133. The second kappa shape index (κ2) is 4.33. The maximum atomic E-state index is 12.7. The number of thiophene rings is 1. The van der Waals surface area contributed by atoms with Gasteiger partial charge in [0.05, 0.1) is 17.7 Å². The summed E-state index contributed by atoms with van der Waals surface area (Å²) in [6.45, 7) is 0. The standard InChI is InChI=1S/C15H10N2OS2/c18-14-10-4-2-1-3-9(10)13-11(14)12(16-15(19)17-13)8-5-6-20-7-8/h1-7,11-12H,(H,16,19). The lowest BCUT2D eigenvalue weighted by Crippen LogP contribution is -2.41. The van der Waals surface area contributed by atoms with Crippen LogP contribution in [0.4, 0.5) is 0 Å². The van der Waals surface area contributed by atoms with Crippen LogP contribution in [0.5, 0.6) is 0 Å². The van der Waals surface area contributed by atoms with Crippen molar-refractivity contribution in [3.63, 3.8) is 0 Å². The Morgan fingerprint density at radius 2 is 2.00 bits per heavy atom. The molecule has 5 heteroatoms. The van der Waals surface area contributed by atoms with Crippen LogP contribution in [0, 0.1) is 5.92 Å². The van der Waals surface area contributed by atoms with Gasteiger partial charge in [0, 0.05) is 11.1 Å². The Balaban J connectivity index is 1.90. The van der Waals surface area contributed by atoms with Crippen LogP contribution in [-0.4, -0.2) is 16.6 Å². The molecule has 2 heterocycles. The molecule has 1 aliphatic carbocycles. The van der Waals surface area contributed by atoms with Crippen molar-refractivity contribution in [3.05, 3.63) is 57.8 Å². The molecule has 0 spiro atoms. The minimum Gasteiger partial charge on any atom is -0.353 e. The normalized spacial score (nSPS) is 23.9. The highest BCUT2D eigenvalue weighted by atomic mass is 32.1. The molecule has 4 rings (SSSR count). The maximum absolute atomic E-state index is 12.7. The number of carbonyl (C=O) groups excluding carboxylic acids is 1. The second-order valence-electron chi connectivity index (χ2n) is 4.87. The summed E-state index contributed by atoms with van der Waals surface area (Å²) in [5, 5.41) is 7.71. The summed E-state index contributed by atoms with van der Waals surface area (Å²) in [4.78, 5) is 17.1. The van der Waals surface area contributed by atoms with E-state index >= 15 is 0 Å². The minimum atomic E-state index is -0.270. The van der Waals surface area contributed by atoms with E-state index < -0.39 is 0 Å². The SMILES string of the molecule is O=C1c2ccccc2C2=NC(=S)NC(c3ccsc3)C12. The number of hydrogen-bond acceptors (Lipinski definition) is 3. The lowest BCUT2D eigenvalue weighted by atomic mass is 9.89. The Bertz CT molecular complexity index is 749. The number of nitrogens with one attached hydrogen (secondary N) is 1. The number of Topliss-reactive ketones (excluding diaryl/α,β-unsaturated/α-hetero) is 1. The first-order valence-corrected chi connectivity index (χ1v) is 7.65. The highest BCUT2D eigenvalue weighted by Crippen LogP contribution is 2.38. The molecule has 1 aliphatic heterocycles. The number of fused-ring (bicyclic) bond motifs is 3.